The van der Waals surface area contributed by atoms with Crippen molar-refractivity contribution in [3.63, 3.8) is 0 Å². The van der Waals surface area contributed by atoms with E-state index >= 15 is 0 Å². The van der Waals surface area contributed by atoms with Gasteiger partial charge in [-0.3, -0.25) is 0 Å². The zero-order valence-corrected chi connectivity index (χ0v) is 11.5. The largest absolute Gasteiger partial charge is 0.437 e. The van der Waals surface area contributed by atoms with Crippen LogP contribution >= 0.6 is 0 Å². The predicted molar refractivity (Wildman–Crippen MR) is 74.5 cm³/mol. The molecule has 1 rings (SSSR count). The Morgan fingerprint density at radius 3 is 2.48 bits per heavy atom. The van der Waals surface area contributed by atoms with Gasteiger partial charge in [0.05, 0.1) is 5.56 Å². The average molecular weight is 300 g/mol. The van der Waals surface area contributed by atoms with E-state index in [0.29, 0.717) is 18.4 Å². The van der Waals surface area contributed by atoms with Gasteiger partial charge in [0, 0.05) is 17.5 Å². The first-order valence-corrected chi connectivity index (χ1v) is 6.44. The first kappa shape index (κ1) is 17.4. The Balaban J connectivity index is 2.70. The Morgan fingerprint density at radius 2 is 2.00 bits per heavy atom. The number of halogens is 3. The average Bonchev–Trinajstić information content (AvgIpc) is 2.37. The second-order valence-electron chi connectivity index (χ2n) is 4.68. The highest BCUT2D eigenvalue weighted by Gasteiger charge is 2.30. The zero-order chi connectivity index (χ0) is 15.9. The normalized spacial score (nSPS) is 12.6. The number of hydrogen-bond donors (Lipinski definition) is 2. The summed E-state index contributed by atoms with van der Waals surface area (Å²) in [5.41, 5.74) is 8.26. The van der Waals surface area contributed by atoms with Crippen molar-refractivity contribution >= 4 is 7.05 Å². The summed E-state index contributed by atoms with van der Waals surface area (Å²) in [6.45, 7) is 1.80. The van der Waals surface area contributed by atoms with Gasteiger partial charge in [-0.2, -0.15) is 13.2 Å². The lowest BCUT2D eigenvalue weighted by Gasteiger charge is -2.19. The molecule has 0 amide bonds. The Kier molecular flexibility index (Phi) is 6.55. The molecule has 0 fully saturated rings. The molecule has 114 valence electrons. The lowest BCUT2D eigenvalue weighted by atomic mass is 9.85. The van der Waals surface area contributed by atoms with Crippen LogP contribution in [0.15, 0.2) is 29.4 Å². The molecule has 1 aromatic carbocycles. The summed E-state index contributed by atoms with van der Waals surface area (Å²) in [6, 6.07) is 4.69. The van der Waals surface area contributed by atoms with Crippen LogP contribution in [0.5, 0.6) is 0 Å². The van der Waals surface area contributed by atoms with E-state index in [4.69, 9.17) is 5.53 Å². The third-order valence-corrected chi connectivity index (χ3v) is 2.88. The van der Waals surface area contributed by atoms with Crippen LogP contribution in [-0.2, 0) is 12.6 Å². The third-order valence-electron chi connectivity index (χ3n) is 2.88. The molecule has 0 aliphatic carbocycles. The van der Waals surface area contributed by atoms with Gasteiger partial charge in [0.1, 0.15) is 0 Å². The van der Waals surface area contributed by atoms with Crippen LogP contribution in [0.4, 0.5) is 13.2 Å². The van der Waals surface area contributed by atoms with Gasteiger partial charge in [-0.1, -0.05) is 17.2 Å². The predicted octanol–water partition coefficient (Wildman–Crippen LogP) is 3.02. The minimum atomic E-state index is -4.35. The maximum absolute atomic E-state index is 12.5. The van der Waals surface area contributed by atoms with Crippen LogP contribution in [0.1, 0.15) is 17.5 Å². The van der Waals surface area contributed by atoms with Gasteiger partial charge in [0.25, 0.3) is 0 Å². The van der Waals surface area contributed by atoms with Crippen molar-refractivity contribution < 1.29 is 18.2 Å². The lowest BCUT2D eigenvalue weighted by molar-refractivity contribution is -0.137. The summed E-state index contributed by atoms with van der Waals surface area (Å²) in [7, 11) is -0.754. The second-order valence-corrected chi connectivity index (χ2v) is 4.68. The first-order chi connectivity index (χ1) is 9.82. The molecule has 1 atom stereocenters. The van der Waals surface area contributed by atoms with Gasteiger partial charge < -0.3 is 10.3 Å². The molecular weight excluding hydrogens is 284 g/mol. The van der Waals surface area contributed by atoms with E-state index in [9.17, 15) is 18.2 Å². The van der Waals surface area contributed by atoms with Gasteiger partial charge in [0.15, 0.2) is 0 Å². The number of hydrogen-bond acceptors (Lipinski definition) is 3. The van der Waals surface area contributed by atoms with Crippen molar-refractivity contribution in [1.29, 1.82) is 0 Å². The summed E-state index contributed by atoms with van der Waals surface area (Å²) < 4.78 is 37.4. The quantitative estimate of drug-likeness (QED) is 0.351. The Morgan fingerprint density at radius 1 is 1.38 bits per heavy atom. The maximum Gasteiger partial charge on any atom is 0.416 e. The van der Waals surface area contributed by atoms with E-state index in [1.807, 2.05) is 0 Å². The maximum atomic E-state index is 12.5. The molecule has 0 aliphatic heterocycles. The van der Waals surface area contributed by atoms with E-state index < -0.39 is 18.8 Å². The standard InChI is InChI=1S/C12H16BF3N4O/c1-13(21)19-11(6-7-18-20-17)8-9-2-4-10(5-3-9)12(14,15)16/h2-5,11,19,21H,6-8H2,1H3/t11-/m1/s1. The number of azide groups is 1. The van der Waals surface area contributed by atoms with Crippen LogP contribution in [0.2, 0.25) is 6.82 Å². The van der Waals surface area contributed by atoms with Crippen LogP contribution in [-0.4, -0.2) is 24.7 Å². The van der Waals surface area contributed by atoms with Crippen LogP contribution in [0, 0.1) is 0 Å². The lowest BCUT2D eigenvalue weighted by Crippen LogP contribution is -2.41. The van der Waals surface area contributed by atoms with E-state index in [1.165, 1.54) is 12.1 Å². The van der Waals surface area contributed by atoms with Crippen LogP contribution in [0.3, 0.4) is 0 Å². The molecule has 0 aromatic heterocycles. The summed E-state index contributed by atoms with van der Waals surface area (Å²) in [4.78, 5) is 2.64. The van der Waals surface area contributed by atoms with Crippen LogP contribution in [0.25, 0.3) is 10.4 Å². The van der Waals surface area contributed by atoms with Crippen molar-refractivity contribution in [1.82, 2.24) is 5.23 Å². The highest BCUT2D eigenvalue weighted by atomic mass is 19.4. The first-order valence-electron chi connectivity index (χ1n) is 6.44. The number of rotatable bonds is 7. The number of nitrogens with zero attached hydrogens (tertiary/aromatic N) is 3. The highest BCUT2D eigenvalue weighted by Crippen LogP contribution is 2.29. The topological polar surface area (TPSA) is 81.0 Å². The number of alkyl halides is 3. The highest BCUT2D eigenvalue weighted by molar-refractivity contribution is 6.45. The molecule has 0 saturated carbocycles. The fourth-order valence-corrected chi connectivity index (χ4v) is 1.96. The molecule has 0 radical (unpaired) electrons. The van der Waals surface area contributed by atoms with Crippen molar-refractivity contribution in [2.24, 2.45) is 5.11 Å². The van der Waals surface area contributed by atoms with E-state index in [0.717, 1.165) is 12.1 Å². The minimum Gasteiger partial charge on any atom is -0.437 e. The molecular formula is C12H16BF3N4O. The monoisotopic (exact) mass is 300 g/mol. The van der Waals surface area contributed by atoms with Crippen molar-refractivity contribution in [3.05, 3.63) is 45.8 Å². The van der Waals surface area contributed by atoms with E-state index in [-0.39, 0.29) is 12.6 Å². The number of benzene rings is 1. The molecule has 1 aromatic rings. The third kappa shape index (κ3) is 6.53. The van der Waals surface area contributed by atoms with E-state index in [1.54, 1.807) is 6.82 Å². The summed E-state index contributed by atoms with van der Waals surface area (Å²) in [6.07, 6.45) is -3.43. The van der Waals surface area contributed by atoms with Crippen LogP contribution < -0.4 is 5.23 Å². The van der Waals surface area contributed by atoms with Gasteiger partial charge in [-0.15, -0.1) is 0 Å². The fourth-order valence-electron chi connectivity index (χ4n) is 1.96. The summed E-state index contributed by atoms with van der Waals surface area (Å²) in [5.74, 6) is 0. The van der Waals surface area contributed by atoms with Gasteiger partial charge in [0.2, 0.25) is 0 Å². The molecule has 0 unspecified atom stereocenters. The Bertz CT molecular complexity index is 486. The van der Waals surface area contributed by atoms with Crippen molar-refractivity contribution in [2.75, 3.05) is 6.54 Å². The van der Waals surface area contributed by atoms with Gasteiger partial charge in [-0.25, -0.2) is 0 Å². The Labute approximate surface area is 120 Å². The Hall–Kier alpha value is -1.70. The molecule has 5 nitrogen and oxygen atoms in total. The van der Waals surface area contributed by atoms with Gasteiger partial charge >= 0.3 is 13.2 Å². The molecule has 0 aliphatic rings. The number of nitrogens with one attached hydrogen (secondary N) is 1. The molecule has 0 heterocycles. The summed E-state index contributed by atoms with van der Waals surface area (Å²) >= 11 is 0. The molecule has 2 N–H and O–H groups in total. The smallest absolute Gasteiger partial charge is 0.416 e. The molecule has 0 bridgehead atoms. The van der Waals surface area contributed by atoms with Crippen molar-refractivity contribution in [2.45, 2.75) is 31.9 Å². The molecule has 0 spiro atoms. The van der Waals surface area contributed by atoms with E-state index in [2.05, 4.69) is 15.3 Å². The van der Waals surface area contributed by atoms with Crippen molar-refractivity contribution in [3.8, 4) is 0 Å². The summed E-state index contributed by atoms with van der Waals surface area (Å²) in [5, 5.41) is 15.6. The molecule has 9 heteroatoms. The SMILES string of the molecule is CB(O)N[C@H](CCN=[N+]=[N-])Cc1ccc(C(F)(F)F)cc1. The second kappa shape index (κ2) is 7.92. The fraction of sp³-hybridized carbons (Fsp3) is 0.500. The minimum absolute atomic E-state index is 0.188. The molecule has 21 heavy (non-hydrogen) atoms. The zero-order valence-electron chi connectivity index (χ0n) is 11.5. The van der Waals surface area contributed by atoms with Gasteiger partial charge in [-0.05, 0) is 42.9 Å². The molecule has 0 saturated heterocycles.